The van der Waals surface area contributed by atoms with Gasteiger partial charge in [-0.3, -0.25) is 14.6 Å². The first-order valence-corrected chi connectivity index (χ1v) is 10.4. The molecule has 0 radical (unpaired) electrons. The number of carbonyl (C=O) groups is 2. The molecule has 0 bridgehead atoms. The lowest BCUT2D eigenvalue weighted by atomic mass is 9.99. The fourth-order valence-electron chi connectivity index (χ4n) is 3.32. The molecule has 2 N–H and O–H groups in total. The Hall–Kier alpha value is -3.14. The summed E-state index contributed by atoms with van der Waals surface area (Å²) in [6, 6.07) is 2.95. The van der Waals surface area contributed by atoms with Crippen LogP contribution in [0.1, 0.15) is 35.9 Å². The molecule has 10 heteroatoms. The zero-order valence-corrected chi connectivity index (χ0v) is 17.4. The number of likely N-dealkylation sites (tertiary alicyclic amines) is 1. The van der Waals surface area contributed by atoms with Gasteiger partial charge in [0.25, 0.3) is 5.91 Å². The Morgan fingerprint density at radius 2 is 2.13 bits per heavy atom. The van der Waals surface area contributed by atoms with Crippen LogP contribution in [0.4, 0.5) is 10.3 Å². The number of anilines is 1. The number of amides is 2. The molecule has 0 spiro atoms. The zero-order valence-electron chi connectivity index (χ0n) is 16.6. The molecule has 4 heterocycles. The summed E-state index contributed by atoms with van der Waals surface area (Å²) in [5.74, 6) is -0.105. The average Bonchev–Trinajstić information content (AvgIpc) is 3.14. The van der Waals surface area contributed by atoms with Crippen LogP contribution >= 0.6 is 11.3 Å². The van der Waals surface area contributed by atoms with E-state index in [0.29, 0.717) is 42.4 Å². The van der Waals surface area contributed by atoms with Crippen LogP contribution in [-0.2, 0) is 4.79 Å². The van der Waals surface area contributed by atoms with Crippen molar-refractivity contribution in [3.63, 3.8) is 0 Å². The molecule has 8 nitrogen and oxygen atoms in total. The van der Waals surface area contributed by atoms with Gasteiger partial charge in [-0.15, -0.1) is 11.3 Å². The maximum atomic E-state index is 13.5. The quantitative estimate of drug-likeness (QED) is 0.626. The minimum atomic E-state index is -0.419. The van der Waals surface area contributed by atoms with Gasteiger partial charge in [-0.25, -0.2) is 14.4 Å². The first-order valence-electron chi connectivity index (χ1n) is 9.56. The van der Waals surface area contributed by atoms with Crippen molar-refractivity contribution in [3.8, 4) is 0 Å². The van der Waals surface area contributed by atoms with Crippen molar-refractivity contribution in [1.29, 1.82) is 0 Å². The van der Waals surface area contributed by atoms with E-state index in [-0.39, 0.29) is 23.8 Å². The van der Waals surface area contributed by atoms with Gasteiger partial charge in [-0.05, 0) is 30.0 Å². The van der Waals surface area contributed by atoms with Crippen LogP contribution in [0.3, 0.4) is 0 Å². The highest BCUT2D eigenvalue weighted by atomic mass is 32.1. The lowest BCUT2D eigenvalue weighted by molar-refractivity contribution is -0.119. The number of nitrogens with zero attached hydrogens (tertiary/aromatic N) is 4. The van der Waals surface area contributed by atoms with Gasteiger partial charge in [0, 0.05) is 38.7 Å². The summed E-state index contributed by atoms with van der Waals surface area (Å²) in [4.78, 5) is 38.6. The van der Waals surface area contributed by atoms with Gasteiger partial charge in [0.2, 0.25) is 11.9 Å². The number of nitrogens with one attached hydrogen (secondary N) is 2. The normalized spacial score (nSPS) is 15.0. The van der Waals surface area contributed by atoms with Gasteiger partial charge in [-0.1, -0.05) is 0 Å². The molecule has 0 unspecified atom stereocenters. The van der Waals surface area contributed by atoms with E-state index in [1.54, 1.807) is 11.1 Å². The first-order chi connectivity index (χ1) is 14.4. The van der Waals surface area contributed by atoms with Crippen molar-refractivity contribution in [3.05, 3.63) is 47.0 Å². The molecule has 0 aliphatic carbocycles. The fourth-order valence-corrected chi connectivity index (χ4v) is 4.13. The summed E-state index contributed by atoms with van der Waals surface area (Å²) >= 11 is 1.42. The third kappa shape index (κ3) is 4.23. The maximum Gasteiger partial charge on any atom is 0.274 e. The Bertz CT molecular complexity index is 1100. The monoisotopic (exact) mass is 428 g/mol. The number of pyridine rings is 1. The Morgan fingerprint density at radius 1 is 1.33 bits per heavy atom. The third-order valence-electron chi connectivity index (χ3n) is 4.96. The Kier molecular flexibility index (Phi) is 5.58. The number of carbonyl (C=O) groups excluding carboxylic acids is 2. The lowest BCUT2D eigenvalue weighted by Gasteiger charge is -2.39. The molecular weight excluding hydrogens is 407 g/mol. The second-order valence-corrected chi connectivity index (χ2v) is 8.26. The molecule has 30 heavy (non-hydrogen) atoms. The Labute approximate surface area is 176 Å². The van der Waals surface area contributed by atoms with Crippen molar-refractivity contribution in [2.24, 2.45) is 5.92 Å². The molecule has 4 rings (SSSR count). The minimum absolute atomic E-state index is 0.0748. The molecule has 1 aliphatic rings. The third-order valence-corrected chi connectivity index (χ3v) is 5.87. The van der Waals surface area contributed by atoms with Gasteiger partial charge in [-0.2, -0.15) is 0 Å². The van der Waals surface area contributed by atoms with E-state index < -0.39 is 5.82 Å². The van der Waals surface area contributed by atoms with Crippen LogP contribution in [-0.4, -0.2) is 51.3 Å². The van der Waals surface area contributed by atoms with E-state index in [0.717, 1.165) is 10.9 Å². The second kappa shape index (κ2) is 8.31. The van der Waals surface area contributed by atoms with Gasteiger partial charge in [0.05, 0.1) is 22.5 Å². The smallest absolute Gasteiger partial charge is 0.274 e. The predicted octanol–water partition coefficient (Wildman–Crippen LogP) is 2.61. The van der Waals surface area contributed by atoms with Crippen molar-refractivity contribution in [2.45, 2.75) is 19.9 Å². The highest BCUT2D eigenvalue weighted by Crippen LogP contribution is 2.28. The van der Waals surface area contributed by atoms with E-state index in [4.69, 9.17) is 0 Å². The predicted molar refractivity (Wildman–Crippen MR) is 112 cm³/mol. The number of thiophene rings is 1. The molecule has 1 aliphatic heterocycles. The van der Waals surface area contributed by atoms with Crippen LogP contribution in [0.5, 0.6) is 0 Å². The zero-order chi connectivity index (χ0) is 21.3. The SMILES string of the molecule is CC(=O)NCC1CN(C(=O)c2nc(N[C@@H](C)c3cncc(F)c3)nc3ccsc23)C1. The Morgan fingerprint density at radius 3 is 2.87 bits per heavy atom. The minimum Gasteiger partial charge on any atom is -0.356 e. The van der Waals surface area contributed by atoms with Crippen molar-refractivity contribution in [2.75, 3.05) is 25.0 Å². The topological polar surface area (TPSA) is 100 Å². The van der Waals surface area contributed by atoms with Crippen LogP contribution in [0, 0.1) is 11.7 Å². The van der Waals surface area contributed by atoms with Crippen LogP contribution in [0.2, 0.25) is 0 Å². The standard InChI is InChI=1S/C20H21FN6O2S/c1-11(14-5-15(21)8-22-7-14)24-20-25-16-3-4-30-18(16)17(26-20)19(29)27-9-13(10-27)6-23-12(2)28/h3-5,7-8,11,13H,6,9-10H2,1-2H3,(H,23,28)(H,24,25,26)/t11-/m0/s1. The van der Waals surface area contributed by atoms with Crippen molar-refractivity contribution >= 4 is 39.3 Å². The van der Waals surface area contributed by atoms with Crippen LogP contribution in [0.15, 0.2) is 29.9 Å². The summed E-state index contributed by atoms with van der Waals surface area (Å²) in [6.07, 6.45) is 2.72. The lowest BCUT2D eigenvalue weighted by Crippen LogP contribution is -2.53. The highest BCUT2D eigenvalue weighted by Gasteiger charge is 2.33. The van der Waals surface area contributed by atoms with E-state index in [1.807, 2.05) is 18.4 Å². The summed E-state index contributed by atoms with van der Waals surface area (Å²) < 4.78 is 14.2. The number of hydrogen-bond acceptors (Lipinski definition) is 7. The first kappa shape index (κ1) is 20.1. The maximum absolute atomic E-state index is 13.5. The number of fused-ring (bicyclic) bond motifs is 1. The van der Waals surface area contributed by atoms with Gasteiger partial charge in [0.15, 0.2) is 5.69 Å². The van der Waals surface area contributed by atoms with Crippen molar-refractivity contribution < 1.29 is 14.0 Å². The number of aromatic nitrogens is 3. The fraction of sp³-hybridized carbons (Fsp3) is 0.350. The number of rotatable bonds is 6. The summed E-state index contributed by atoms with van der Waals surface area (Å²) in [7, 11) is 0. The molecule has 0 aromatic carbocycles. The van der Waals surface area contributed by atoms with Crippen LogP contribution < -0.4 is 10.6 Å². The number of halogens is 1. The summed E-state index contributed by atoms with van der Waals surface area (Å²) in [5.41, 5.74) is 1.68. The molecule has 2 amide bonds. The van der Waals surface area contributed by atoms with E-state index in [2.05, 4.69) is 25.6 Å². The summed E-state index contributed by atoms with van der Waals surface area (Å²) in [5, 5.41) is 7.79. The van der Waals surface area contributed by atoms with Crippen molar-refractivity contribution in [1.82, 2.24) is 25.2 Å². The highest BCUT2D eigenvalue weighted by molar-refractivity contribution is 7.17. The molecule has 0 saturated carbocycles. The van der Waals surface area contributed by atoms with E-state index in [9.17, 15) is 14.0 Å². The summed E-state index contributed by atoms with van der Waals surface area (Å²) in [6.45, 7) is 5.03. The van der Waals surface area contributed by atoms with Gasteiger partial charge >= 0.3 is 0 Å². The average molecular weight is 428 g/mol. The molecule has 3 aromatic rings. The van der Waals surface area contributed by atoms with E-state index in [1.165, 1.54) is 24.3 Å². The Balaban J connectivity index is 1.52. The van der Waals surface area contributed by atoms with Crippen LogP contribution in [0.25, 0.3) is 10.2 Å². The largest absolute Gasteiger partial charge is 0.356 e. The molecule has 1 atom stereocenters. The van der Waals surface area contributed by atoms with E-state index >= 15 is 0 Å². The molecule has 156 valence electrons. The van der Waals surface area contributed by atoms with Gasteiger partial charge < -0.3 is 15.5 Å². The van der Waals surface area contributed by atoms with Gasteiger partial charge in [0.1, 0.15) is 5.82 Å². The molecule has 1 saturated heterocycles. The molecule has 3 aromatic heterocycles. The number of hydrogen-bond donors (Lipinski definition) is 2. The molecule has 1 fully saturated rings. The second-order valence-electron chi connectivity index (χ2n) is 7.35. The molecular formula is C20H21FN6O2S.